The Kier molecular flexibility index (Phi) is 5.62. The topological polar surface area (TPSA) is 61.0 Å². The molecule has 0 radical (unpaired) electrons. The van der Waals surface area contributed by atoms with Gasteiger partial charge in [0.25, 0.3) is 0 Å². The lowest BCUT2D eigenvalue weighted by atomic mass is 9.74. The van der Waals surface area contributed by atoms with Gasteiger partial charge in [0, 0.05) is 6.04 Å². The highest BCUT2D eigenvalue weighted by Crippen LogP contribution is 2.34. The summed E-state index contributed by atoms with van der Waals surface area (Å²) in [7, 11) is 0. The van der Waals surface area contributed by atoms with Crippen molar-refractivity contribution < 1.29 is 0 Å². The molecule has 0 atom stereocenters. The van der Waals surface area contributed by atoms with Crippen LogP contribution in [0.15, 0.2) is 0 Å². The van der Waals surface area contributed by atoms with Crippen molar-refractivity contribution in [2.75, 3.05) is 0 Å². The third kappa shape index (κ3) is 3.46. The Morgan fingerprint density at radius 3 is 1.33 bits per heavy atom. The van der Waals surface area contributed by atoms with E-state index < -0.39 is 0 Å². The van der Waals surface area contributed by atoms with Crippen LogP contribution in [0.3, 0.4) is 0 Å². The van der Waals surface area contributed by atoms with Crippen LogP contribution in [-0.2, 0) is 0 Å². The number of hydrogen-bond donors (Lipinski definition) is 2. The zero-order valence-corrected chi connectivity index (χ0v) is 10.1. The van der Waals surface area contributed by atoms with E-state index in [1.165, 1.54) is 64.2 Å². The summed E-state index contributed by atoms with van der Waals surface area (Å²) in [4.78, 5) is 0. The summed E-state index contributed by atoms with van der Waals surface area (Å²) in [5.74, 6) is 1.73. The second kappa shape index (κ2) is 6.49. The fraction of sp³-hybridized carbons (Fsp3) is 1.00. The van der Waals surface area contributed by atoms with Gasteiger partial charge in [-0.1, -0.05) is 38.5 Å². The molecule has 15 heavy (non-hydrogen) atoms. The zero-order valence-electron chi connectivity index (χ0n) is 10.1. The molecule has 2 rings (SSSR count). The molecule has 0 saturated heterocycles. The average Bonchev–Trinajstić information content (AvgIpc) is 2.30. The van der Waals surface area contributed by atoms with E-state index in [2.05, 4.69) is 0 Å². The third-order valence-electron chi connectivity index (χ3n) is 4.39. The largest absolute Gasteiger partial charge is 0.344 e. The first-order chi connectivity index (χ1) is 6.88. The average molecular weight is 212 g/mol. The van der Waals surface area contributed by atoms with E-state index in [4.69, 9.17) is 5.73 Å². The molecule has 0 aromatic rings. The Hall–Kier alpha value is -0.0800. The summed E-state index contributed by atoms with van der Waals surface area (Å²) in [6.07, 6.45) is 14.3. The molecule has 0 amide bonds. The second-order valence-corrected chi connectivity index (χ2v) is 5.37. The van der Waals surface area contributed by atoms with Gasteiger partial charge in [-0.05, 0) is 37.5 Å². The SMILES string of the molecule is N.NC(C1CCCCC1)C1CCCCC1. The zero-order chi connectivity index (χ0) is 9.80. The van der Waals surface area contributed by atoms with Gasteiger partial charge >= 0.3 is 0 Å². The fourth-order valence-corrected chi connectivity index (χ4v) is 3.42. The van der Waals surface area contributed by atoms with E-state index >= 15 is 0 Å². The molecule has 0 aromatic heterocycles. The van der Waals surface area contributed by atoms with Crippen molar-refractivity contribution in [2.45, 2.75) is 70.3 Å². The van der Waals surface area contributed by atoms with Gasteiger partial charge in [-0.3, -0.25) is 0 Å². The molecule has 0 aliphatic heterocycles. The van der Waals surface area contributed by atoms with Gasteiger partial charge in [0.15, 0.2) is 0 Å². The summed E-state index contributed by atoms with van der Waals surface area (Å²) in [6, 6.07) is 0.538. The fourth-order valence-electron chi connectivity index (χ4n) is 3.42. The van der Waals surface area contributed by atoms with Crippen LogP contribution in [0.1, 0.15) is 64.2 Å². The van der Waals surface area contributed by atoms with Gasteiger partial charge in [-0.15, -0.1) is 0 Å². The van der Waals surface area contributed by atoms with Crippen LogP contribution in [0.4, 0.5) is 0 Å². The standard InChI is InChI=1S/C13H25N.H3N/c14-13(11-7-3-1-4-8-11)12-9-5-2-6-10-12;/h11-13H,1-10,14H2;1H3. The Morgan fingerprint density at radius 1 is 0.667 bits per heavy atom. The minimum atomic E-state index is 0. The van der Waals surface area contributed by atoms with Crippen LogP contribution in [0.5, 0.6) is 0 Å². The van der Waals surface area contributed by atoms with Gasteiger partial charge < -0.3 is 11.9 Å². The third-order valence-corrected chi connectivity index (χ3v) is 4.39. The lowest BCUT2D eigenvalue weighted by Gasteiger charge is -2.35. The molecule has 2 nitrogen and oxygen atoms in total. The lowest BCUT2D eigenvalue weighted by Crippen LogP contribution is -2.39. The minimum absolute atomic E-state index is 0. The van der Waals surface area contributed by atoms with E-state index in [1.54, 1.807) is 0 Å². The van der Waals surface area contributed by atoms with Gasteiger partial charge in [0.2, 0.25) is 0 Å². The van der Waals surface area contributed by atoms with Crippen LogP contribution in [0, 0.1) is 11.8 Å². The van der Waals surface area contributed by atoms with Gasteiger partial charge in [-0.25, -0.2) is 0 Å². The van der Waals surface area contributed by atoms with Crippen LogP contribution in [0.25, 0.3) is 0 Å². The molecule has 0 aromatic carbocycles. The molecule has 5 N–H and O–H groups in total. The van der Waals surface area contributed by atoms with E-state index in [9.17, 15) is 0 Å². The first-order valence-corrected chi connectivity index (χ1v) is 6.63. The maximum Gasteiger partial charge on any atom is 0.00956 e. The van der Waals surface area contributed by atoms with Crippen molar-refractivity contribution in [1.29, 1.82) is 0 Å². The molecule has 2 heteroatoms. The van der Waals surface area contributed by atoms with E-state index in [-0.39, 0.29) is 6.15 Å². The molecule has 0 unspecified atom stereocenters. The van der Waals surface area contributed by atoms with Crippen molar-refractivity contribution in [2.24, 2.45) is 17.6 Å². The molecule has 90 valence electrons. The molecule has 2 aliphatic rings. The van der Waals surface area contributed by atoms with E-state index in [0.717, 1.165) is 11.8 Å². The summed E-state index contributed by atoms with van der Waals surface area (Å²) < 4.78 is 0. The molecule has 0 spiro atoms. The molecular formula is C13H28N2. The van der Waals surface area contributed by atoms with Crippen molar-refractivity contribution in [3.63, 3.8) is 0 Å². The van der Waals surface area contributed by atoms with Gasteiger partial charge in [-0.2, -0.15) is 0 Å². The van der Waals surface area contributed by atoms with E-state index in [1.807, 2.05) is 0 Å². The quantitative estimate of drug-likeness (QED) is 0.734. The van der Waals surface area contributed by atoms with Gasteiger partial charge in [0.05, 0.1) is 0 Å². The van der Waals surface area contributed by atoms with Crippen LogP contribution < -0.4 is 11.9 Å². The molecule has 2 fully saturated rings. The highest BCUT2D eigenvalue weighted by molar-refractivity contribution is 4.83. The van der Waals surface area contributed by atoms with Gasteiger partial charge in [0.1, 0.15) is 0 Å². The van der Waals surface area contributed by atoms with Crippen molar-refractivity contribution in [3.05, 3.63) is 0 Å². The second-order valence-electron chi connectivity index (χ2n) is 5.37. The number of rotatable bonds is 2. The minimum Gasteiger partial charge on any atom is -0.344 e. The summed E-state index contributed by atoms with van der Waals surface area (Å²) in [5.41, 5.74) is 6.42. The van der Waals surface area contributed by atoms with E-state index in [0.29, 0.717) is 6.04 Å². The Labute approximate surface area is 94.6 Å². The Morgan fingerprint density at radius 2 is 1.00 bits per heavy atom. The predicted octanol–water partition coefficient (Wildman–Crippen LogP) is 3.64. The molecule has 2 aliphatic carbocycles. The van der Waals surface area contributed by atoms with Crippen LogP contribution in [0.2, 0.25) is 0 Å². The summed E-state index contributed by atoms with van der Waals surface area (Å²) >= 11 is 0. The first kappa shape index (κ1) is 13.0. The van der Waals surface area contributed by atoms with Crippen molar-refractivity contribution in [3.8, 4) is 0 Å². The molecule has 2 saturated carbocycles. The normalized spacial score (nSPS) is 25.2. The summed E-state index contributed by atoms with van der Waals surface area (Å²) in [5, 5.41) is 0. The molecule has 0 bridgehead atoms. The highest BCUT2D eigenvalue weighted by atomic mass is 14.7. The smallest absolute Gasteiger partial charge is 0.00956 e. The Balaban J connectivity index is 0.00000112. The Bertz CT molecular complexity index is 140. The number of nitrogens with two attached hydrogens (primary N) is 1. The maximum atomic E-state index is 6.42. The first-order valence-electron chi connectivity index (χ1n) is 6.63. The maximum absolute atomic E-state index is 6.42. The molecular weight excluding hydrogens is 184 g/mol. The van der Waals surface area contributed by atoms with Crippen LogP contribution in [-0.4, -0.2) is 6.04 Å². The van der Waals surface area contributed by atoms with Crippen molar-refractivity contribution in [1.82, 2.24) is 6.15 Å². The number of hydrogen-bond acceptors (Lipinski definition) is 2. The molecule has 0 heterocycles. The summed E-state index contributed by atoms with van der Waals surface area (Å²) in [6.45, 7) is 0. The van der Waals surface area contributed by atoms with Crippen LogP contribution >= 0.6 is 0 Å². The lowest BCUT2D eigenvalue weighted by molar-refractivity contribution is 0.205. The highest BCUT2D eigenvalue weighted by Gasteiger charge is 2.28. The predicted molar refractivity (Wildman–Crippen MR) is 66.1 cm³/mol. The van der Waals surface area contributed by atoms with Crippen molar-refractivity contribution >= 4 is 0 Å². The monoisotopic (exact) mass is 212 g/mol.